The van der Waals surface area contributed by atoms with Crippen molar-refractivity contribution in [1.29, 1.82) is 0 Å². The number of hydrogen-bond donors (Lipinski definition) is 1. The molecule has 3 rings (SSSR count). The maximum atomic E-state index is 13.1. The molecular weight excluding hydrogens is 203 g/mol. The van der Waals surface area contributed by atoms with Crippen LogP contribution in [0.5, 0.6) is 0 Å². The fraction of sp³-hybridized carbons (Fsp3) is 0.385. The van der Waals surface area contributed by atoms with Crippen LogP contribution in [0, 0.1) is 5.82 Å². The summed E-state index contributed by atoms with van der Waals surface area (Å²) in [6.45, 7) is 0.872. The van der Waals surface area contributed by atoms with Gasteiger partial charge in [0.25, 0.3) is 0 Å². The molecule has 1 fully saturated rings. The minimum atomic E-state index is -0.167. The molecule has 16 heavy (non-hydrogen) atoms. The molecule has 1 N–H and O–H groups in total. The summed E-state index contributed by atoms with van der Waals surface area (Å²) in [7, 11) is 2.03. The van der Waals surface area contributed by atoms with Crippen LogP contribution in [0.25, 0.3) is 10.9 Å². The van der Waals surface area contributed by atoms with E-state index in [2.05, 4.69) is 16.0 Å². The Morgan fingerprint density at radius 3 is 2.94 bits per heavy atom. The monoisotopic (exact) mass is 218 g/mol. The van der Waals surface area contributed by atoms with Crippen molar-refractivity contribution in [1.82, 2.24) is 9.88 Å². The molecule has 84 valence electrons. The van der Waals surface area contributed by atoms with E-state index in [9.17, 15) is 4.39 Å². The zero-order valence-electron chi connectivity index (χ0n) is 9.33. The molecule has 0 spiro atoms. The van der Waals surface area contributed by atoms with Gasteiger partial charge in [-0.1, -0.05) is 0 Å². The van der Waals surface area contributed by atoms with Crippen molar-refractivity contribution < 1.29 is 4.39 Å². The molecule has 0 atom stereocenters. The van der Waals surface area contributed by atoms with E-state index in [1.54, 1.807) is 6.07 Å². The molecule has 0 saturated heterocycles. The van der Waals surface area contributed by atoms with E-state index in [0.717, 1.165) is 17.4 Å². The molecule has 0 aliphatic heterocycles. The average Bonchev–Trinajstić information content (AvgIpc) is 3.03. The Kier molecular flexibility index (Phi) is 2.21. The van der Waals surface area contributed by atoms with Crippen LogP contribution in [0.4, 0.5) is 4.39 Å². The largest absolute Gasteiger partial charge is 0.346 e. The van der Waals surface area contributed by atoms with Gasteiger partial charge in [-0.05, 0) is 37.1 Å². The summed E-state index contributed by atoms with van der Waals surface area (Å²) in [5.74, 6) is -0.167. The number of aryl methyl sites for hydroxylation is 1. The highest BCUT2D eigenvalue weighted by atomic mass is 19.1. The van der Waals surface area contributed by atoms with Crippen LogP contribution in [0.3, 0.4) is 0 Å². The summed E-state index contributed by atoms with van der Waals surface area (Å²) in [5, 5.41) is 4.46. The third-order valence-corrected chi connectivity index (χ3v) is 3.25. The van der Waals surface area contributed by atoms with E-state index in [1.807, 2.05) is 13.1 Å². The van der Waals surface area contributed by atoms with Crippen molar-refractivity contribution in [2.45, 2.75) is 25.4 Å². The Bertz CT molecular complexity index is 526. The van der Waals surface area contributed by atoms with Gasteiger partial charge < -0.3 is 9.88 Å². The molecule has 3 heteroatoms. The lowest BCUT2D eigenvalue weighted by Gasteiger charge is -2.04. The Morgan fingerprint density at radius 2 is 2.19 bits per heavy atom. The Balaban J connectivity index is 1.94. The molecule has 0 unspecified atom stereocenters. The highest BCUT2D eigenvalue weighted by Gasteiger charge is 2.20. The molecule has 1 aliphatic rings. The van der Waals surface area contributed by atoms with Gasteiger partial charge in [0, 0.05) is 36.2 Å². The van der Waals surface area contributed by atoms with Gasteiger partial charge in [0.1, 0.15) is 5.82 Å². The van der Waals surface area contributed by atoms with Crippen LogP contribution in [-0.4, -0.2) is 10.6 Å². The van der Waals surface area contributed by atoms with E-state index in [-0.39, 0.29) is 5.82 Å². The number of hydrogen-bond acceptors (Lipinski definition) is 1. The summed E-state index contributed by atoms with van der Waals surface area (Å²) in [4.78, 5) is 0. The Hall–Kier alpha value is -1.35. The van der Waals surface area contributed by atoms with Crippen LogP contribution >= 0.6 is 0 Å². The number of benzene rings is 1. The first-order valence-corrected chi connectivity index (χ1v) is 5.71. The van der Waals surface area contributed by atoms with Crippen molar-refractivity contribution in [3.8, 4) is 0 Å². The summed E-state index contributed by atoms with van der Waals surface area (Å²) < 4.78 is 15.2. The van der Waals surface area contributed by atoms with Crippen LogP contribution in [0.15, 0.2) is 24.3 Å². The highest BCUT2D eigenvalue weighted by Crippen LogP contribution is 2.22. The van der Waals surface area contributed by atoms with Gasteiger partial charge in [0.15, 0.2) is 0 Å². The molecule has 0 amide bonds. The van der Waals surface area contributed by atoms with Gasteiger partial charge in [0.05, 0.1) is 0 Å². The maximum Gasteiger partial charge on any atom is 0.123 e. The fourth-order valence-electron chi connectivity index (χ4n) is 2.08. The predicted octanol–water partition coefficient (Wildman–Crippen LogP) is 2.57. The lowest BCUT2D eigenvalue weighted by Crippen LogP contribution is -2.17. The van der Waals surface area contributed by atoms with Crippen molar-refractivity contribution in [3.63, 3.8) is 0 Å². The van der Waals surface area contributed by atoms with Crippen LogP contribution in [-0.2, 0) is 13.6 Å². The first-order chi connectivity index (χ1) is 7.74. The average molecular weight is 218 g/mol. The van der Waals surface area contributed by atoms with Crippen molar-refractivity contribution in [2.75, 3.05) is 0 Å². The SMILES string of the molecule is Cn1c(CNC2CC2)cc2cc(F)ccc21. The lowest BCUT2D eigenvalue weighted by atomic mass is 10.2. The molecule has 1 saturated carbocycles. The first-order valence-electron chi connectivity index (χ1n) is 5.71. The molecule has 1 aromatic carbocycles. The zero-order chi connectivity index (χ0) is 11.1. The van der Waals surface area contributed by atoms with Gasteiger partial charge in [-0.2, -0.15) is 0 Å². The lowest BCUT2D eigenvalue weighted by molar-refractivity contribution is 0.629. The third kappa shape index (κ3) is 1.71. The normalized spacial score (nSPS) is 15.9. The number of fused-ring (bicyclic) bond motifs is 1. The van der Waals surface area contributed by atoms with Crippen molar-refractivity contribution >= 4 is 10.9 Å². The minimum absolute atomic E-state index is 0.167. The number of halogens is 1. The van der Waals surface area contributed by atoms with Crippen LogP contribution in [0.1, 0.15) is 18.5 Å². The van der Waals surface area contributed by atoms with Crippen LogP contribution in [0.2, 0.25) is 0 Å². The summed E-state index contributed by atoms with van der Waals surface area (Å²) in [5.41, 5.74) is 2.31. The van der Waals surface area contributed by atoms with Gasteiger partial charge >= 0.3 is 0 Å². The van der Waals surface area contributed by atoms with Gasteiger partial charge in [0.2, 0.25) is 0 Å². The number of nitrogens with zero attached hydrogens (tertiary/aromatic N) is 1. The summed E-state index contributed by atoms with van der Waals surface area (Å²) in [6.07, 6.45) is 2.58. The number of rotatable bonds is 3. The van der Waals surface area contributed by atoms with Crippen molar-refractivity contribution in [3.05, 3.63) is 35.8 Å². The van der Waals surface area contributed by atoms with Crippen molar-refractivity contribution in [2.24, 2.45) is 7.05 Å². The molecule has 1 heterocycles. The van der Waals surface area contributed by atoms with E-state index in [4.69, 9.17) is 0 Å². The highest BCUT2D eigenvalue weighted by molar-refractivity contribution is 5.81. The summed E-state index contributed by atoms with van der Waals surface area (Å²) in [6, 6.07) is 7.71. The smallest absolute Gasteiger partial charge is 0.123 e. The zero-order valence-corrected chi connectivity index (χ0v) is 9.33. The molecule has 1 aliphatic carbocycles. The second-order valence-corrected chi connectivity index (χ2v) is 4.55. The molecule has 0 radical (unpaired) electrons. The van der Waals surface area contributed by atoms with E-state index in [0.29, 0.717) is 6.04 Å². The van der Waals surface area contributed by atoms with Gasteiger partial charge in [-0.3, -0.25) is 0 Å². The van der Waals surface area contributed by atoms with Gasteiger partial charge in [-0.25, -0.2) is 4.39 Å². The number of aromatic nitrogens is 1. The molecule has 2 nitrogen and oxygen atoms in total. The van der Waals surface area contributed by atoms with Gasteiger partial charge in [-0.15, -0.1) is 0 Å². The topological polar surface area (TPSA) is 17.0 Å². The molecular formula is C13H15FN2. The Labute approximate surface area is 94.1 Å². The fourth-order valence-corrected chi connectivity index (χ4v) is 2.08. The standard InChI is InChI=1S/C13H15FN2/c1-16-12(8-15-11-3-4-11)7-9-6-10(14)2-5-13(9)16/h2,5-7,11,15H,3-4,8H2,1H3. The second-order valence-electron chi connectivity index (χ2n) is 4.55. The number of nitrogens with one attached hydrogen (secondary N) is 1. The first kappa shape index (κ1) is 9.85. The minimum Gasteiger partial charge on any atom is -0.346 e. The van der Waals surface area contributed by atoms with E-state index < -0.39 is 0 Å². The van der Waals surface area contributed by atoms with Crippen LogP contribution < -0.4 is 5.32 Å². The molecule has 1 aromatic heterocycles. The molecule has 2 aromatic rings. The predicted molar refractivity (Wildman–Crippen MR) is 62.7 cm³/mol. The molecule has 0 bridgehead atoms. The summed E-state index contributed by atoms with van der Waals surface area (Å²) >= 11 is 0. The van der Waals surface area contributed by atoms with E-state index >= 15 is 0 Å². The Morgan fingerprint density at radius 1 is 1.38 bits per heavy atom. The third-order valence-electron chi connectivity index (χ3n) is 3.25. The quantitative estimate of drug-likeness (QED) is 0.837. The van der Waals surface area contributed by atoms with E-state index in [1.165, 1.54) is 24.6 Å². The maximum absolute atomic E-state index is 13.1. The second kappa shape index (κ2) is 3.59.